The number of carboxylic acids is 1. The van der Waals surface area contributed by atoms with E-state index in [0.29, 0.717) is 24.4 Å². The van der Waals surface area contributed by atoms with Crippen molar-refractivity contribution < 1.29 is 19.1 Å². The summed E-state index contributed by atoms with van der Waals surface area (Å²) in [7, 11) is 0. The van der Waals surface area contributed by atoms with Gasteiger partial charge in [-0.05, 0) is 38.8 Å². The number of benzene rings is 1. The number of carbonyl (C=O) groups excluding carboxylic acids is 1. The van der Waals surface area contributed by atoms with E-state index < -0.39 is 17.9 Å². The Morgan fingerprint density at radius 3 is 2.61 bits per heavy atom. The molecule has 2 atom stereocenters. The summed E-state index contributed by atoms with van der Waals surface area (Å²) in [5.74, 6) is -0.910. The third-order valence-corrected chi connectivity index (χ3v) is 4.20. The Balaban J connectivity index is 1.94. The van der Waals surface area contributed by atoms with Crippen molar-refractivity contribution in [3.8, 4) is 11.5 Å². The second kappa shape index (κ2) is 5.87. The average molecular weight is 314 g/mol. The first-order chi connectivity index (χ1) is 11.0. The molecular weight excluding hydrogens is 296 g/mol. The highest BCUT2D eigenvalue weighted by Crippen LogP contribution is 2.29. The van der Waals surface area contributed by atoms with Gasteiger partial charge in [0.1, 0.15) is 6.04 Å². The molecule has 2 heterocycles. The predicted octanol–water partition coefficient (Wildman–Crippen LogP) is 2.73. The third kappa shape index (κ3) is 2.72. The van der Waals surface area contributed by atoms with Crippen LogP contribution in [-0.4, -0.2) is 39.0 Å². The Bertz CT molecular complexity index is 738. The predicted molar refractivity (Wildman–Crippen MR) is 83.0 cm³/mol. The Hall–Kier alpha value is -2.63. The van der Waals surface area contributed by atoms with E-state index in [1.807, 2.05) is 37.3 Å². The SMILES string of the molecule is Cc1nc(-c2ccccc2)oc1C(=O)N1[C@H](C)CC[C@@H]1C(=O)O. The molecule has 1 aliphatic heterocycles. The van der Waals surface area contributed by atoms with Gasteiger partial charge in [0.15, 0.2) is 0 Å². The fourth-order valence-electron chi connectivity index (χ4n) is 2.98. The zero-order chi connectivity index (χ0) is 16.6. The number of oxazole rings is 1. The molecule has 23 heavy (non-hydrogen) atoms. The Morgan fingerprint density at radius 2 is 1.96 bits per heavy atom. The molecule has 120 valence electrons. The van der Waals surface area contributed by atoms with Gasteiger partial charge in [0.05, 0.1) is 5.69 Å². The molecular formula is C17H18N2O4. The van der Waals surface area contributed by atoms with Crippen LogP contribution in [0.5, 0.6) is 0 Å². The van der Waals surface area contributed by atoms with Gasteiger partial charge in [-0.3, -0.25) is 4.79 Å². The fourth-order valence-corrected chi connectivity index (χ4v) is 2.98. The van der Waals surface area contributed by atoms with Crippen molar-refractivity contribution in [2.75, 3.05) is 0 Å². The molecule has 0 aliphatic carbocycles. The average Bonchev–Trinajstić information content (AvgIpc) is 3.11. The minimum Gasteiger partial charge on any atom is -0.480 e. The van der Waals surface area contributed by atoms with Gasteiger partial charge in [-0.2, -0.15) is 0 Å². The Morgan fingerprint density at radius 1 is 1.26 bits per heavy atom. The summed E-state index contributed by atoms with van der Waals surface area (Å²) in [4.78, 5) is 29.8. The molecule has 1 aliphatic rings. The van der Waals surface area contributed by atoms with Crippen molar-refractivity contribution in [2.24, 2.45) is 0 Å². The number of hydrogen-bond acceptors (Lipinski definition) is 4. The van der Waals surface area contributed by atoms with Gasteiger partial charge in [-0.25, -0.2) is 9.78 Å². The van der Waals surface area contributed by atoms with Crippen LogP contribution in [0.2, 0.25) is 0 Å². The number of aromatic nitrogens is 1. The number of likely N-dealkylation sites (tertiary alicyclic amines) is 1. The number of hydrogen-bond donors (Lipinski definition) is 1. The van der Waals surface area contributed by atoms with Crippen molar-refractivity contribution in [3.63, 3.8) is 0 Å². The molecule has 6 nitrogen and oxygen atoms in total. The highest BCUT2D eigenvalue weighted by atomic mass is 16.4. The molecule has 0 saturated carbocycles. The molecule has 3 rings (SSSR count). The van der Waals surface area contributed by atoms with Crippen LogP contribution >= 0.6 is 0 Å². The summed E-state index contributed by atoms with van der Waals surface area (Å²) in [5.41, 5.74) is 1.25. The lowest BCUT2D eigenvalue weighted by atomic mass is 10.2. The van der Waals surface area contributed by atoms with Gasteiger partial charge in [0.2, 0.25) is 11.7 Å². The largest absolute Gasteiger partial charge is 0.480 e. The third-order valence-electron chi connectivity index (χ3n) is 4.20. The molecule has 1 aromatic carbocycles. The number of carboxylic acid groups (broad SMARTS) is 1. The van der Waals surface area contributed by atoms with E-state index in [1.54, 1.807) is 6.92 Å². The zero-order valence-corrected chi connectivity index (χ0v) is 13.0. The van der Waals surface area contributed by atoms with E-state index in [9.17, 15) is 14.7 Å². The number of aryl methyl sites for hydroxylation is 1. The molecule has 1 N–H and O–H groups in total. The van der Waals surface area contributed by atoms with Gasteiger partial charge in [0, 0.05) is 11.6 Å². The van der Waals surface area contributed by atoms with Crippen molar-refractivity contribution in [1.82, 2.24) is 9.88 Å². The van der Waals surface area contributed by atoms with Gasteiger partial charge in [-0.15, -0.1) is 0 Å². The first-order valence-electron chi connectivity index (χ1n) is 7.57. The molecule has 1 amide bonds. The lowest BCUT2D eigenvalue weighted by Crippen LogP contribution is -2.44. The van der Waals surface area contributed by atoms with Crippen molar-refractivity contribution in [1.29, 1.82) is 0 Å². The van der Waals surface area contributed by atoms with Crippen LogP contribution in [0.25, 0.3) is 11.5 Å². The number of amides is 1. The summed E-state index contributed by atoms with van der Waals surface area (Å²) >= 11 is 0. The molecule has 1 saturated heterocycles. The second-order valence-electron chi connectivity index (χ2n) is 5.79. The maximum absolute atomic E-state index is 12.8. The Labute approximate surface area is 133 Å². The molecule has 6 heteroatoms. The highest BCUT2D eigenvalue weighted by Gasteiger charge is 2.41. The molecule has 1 aromatic heterocycles. The maximum Gasteiger partial charge on any atom is 0.326 e. The second-order valence-corrected chi connectivity index (χ2v) is 5.79. The van der Waals surface area contributed by atoms with Gasteiger partial charge < -0.3 is 14.4 Å². The molecule has 1 fully saturated rings. The van der Waals surface area contributed by atoms with Crippen LogP contribution < -0.4 is 0 Å². The molecule has 0 unspecified atom stereocenters. The van der Waals surface area contributed by atoms with Gasteiger partial charge >= 0.3 is 5.97 Å². The maximum atomic E-state index is 12.8. The highest BCUT2D eigenvalue weighted by molar-refractivity contribution is 5.96. The van der Waals surface area contributed by atoms with Crippen LogP contribution in [0.1, 0.15) is 36.0 Å². The smallest absolute Gasteiger partial charge is 0.326 e. The van der Waals surface area contributed by atoms with E-state index in [0.717, 1.165) is 5.56 Å². The van der Waals surface area contributed by atoms with Crippen molar-refractivity contribution >= 4 is 11.9 Å². The molecule has 2 aromatic rings. The van der Waals surface area contributed by atoms with E-state index in [4.69, 9.17) is 4.42 Å². The van der Waals surface area contributed by atoms with Crippen LogP contribution in [0.15, 0.2) is 34.7 Å². The van der Waals surface area contributed by atoms with E-state index >= 15 is 0 Å². The van der Waals surface area contributed by atoms with Crippen LogP contribution in [-0.2, 0) is 4.79 Å². The number of rotatable bonds is 3. The van der Waals surface area contributed by atoms with Crippen molar-refractivity contribution in [2.45, 2.75) is 38.8 Å². The zero-order valence-electron chi connectivity index (χ0n) is 13.0. The number of aliphatic carboxylic acids is 1. The molecule has 0 radical (unpaired) electrons. The number of carbonyl (C=O) groups is 2. The molecule has 0 bridgehead atoms. The quantitative estimate of drug-likeness (QED) is 0.941. The summed E-state index contributed by atoms with van der Waals surface area (Å²) in [6.45, 7) is 3.55. The number of nitrogens with zero attached hydrogens (tertiary/aromatic N) is 2. The molecule has 0 spiro atoms. The minimum absolute atomic E-state index is 0.115. The summed E-state index contributed by atoms with van der Waals surface area (Å²) in [5, 5.41) is 9.31. The van der Waals surface area contributed by atoms with E-state index in [1.165, 1.54) is 4.90 Å². The normalized spacial score (nSPS) is 20.7. The van der Waals surface area contributed by atoms with Gasteiger partial charge in [0.25, 0.3) is 5.91 Å². The summed E-state index contributed by atoms with van der Waals surface area (Å²) in [6, 6.07) is 8.36. The van der Waals surface area contributed by atoms with E-state index in [2.05, 4.69) is 4.98 Å². The fraction of sp³-hybridized carbons (Fsp3) is 0.353. The van der Waals surface area contributed by atoms with E-state index in [-0.39, 0.29) is 11.8 Å². The summed E-state index contributed by atoms with van der Waals surface area (Å²) in [6.07, 6.45) is 1.13. The first-order valence-corrected chi connectivity index (χ1v) is 7.57. The van der Waals surface area contributed by atoms with Crippen LogP contribution in [0.4, 0.5) is 0 Å². The standard InChI is InChI=1S/C17H18N2O4/c1-10-8-9-13(17(21)22)19(10)16(20)14-11(2)18-15(23-14)12-6-4-3-5-7-12/h3-7,10,13H,8-9H2,1-2H3,(H,21,22)/t10-,13-/m1/s1. The topological polar surface area (TPSA) is 83.6 Å². The first kappa shape index (κ1) is 15.3. The van der Waals surface area contributed by atoms with Gasteiger partial charge in [-0.1, -0.05) is 18.2 Å². The van der Waals surface area contributed by atoms with Crippen LogP contribution in [0.3, 0.4) is 0 Å². The monoisotopic (exact) mass is 314 g/mol. The summed E-state index contributed by atoms with van der Waals surface area (Å²) < 4.78 is 5.66. The lowest BCUT2D eigenvalue weighted by Gasteiger charge is -2.25. The Kier molecular flexibility index (Phi) is 3.90. The lowest BCUT2D eigenvalue weighted by molar-refractivity contribution is -0.141. The van der Waals surface area contributed by atoms with Crippen molar-refractivity contribution in [3.05, 3.63) is 41.8 Å². The minimum atomic E-state index is -0.983. The van der Waals surface area contributed by atoms with Crippen LogP contribution in [0, 0.1) is 6.92 Å².